The molecular formula is C18H20N6O2. The topological polar surface area (TPSA) is 94.0 Å². The van der Waals surface area contributed by atoms with E-state index in [-0.39, 0.29) is 12.6 Å². The van der Waals surface area contributed by atoms with Gasteiger partial charge in [0.1, 0.15) is 5.75 Å². The van der Waals surface area contributed by atoms with Gasteiger partial charge in [0.25, 0.3) is 0 Å². The van der Waals surface area contributed by atoms with Crippen LogP contribution in [-0.2, 0) is 13.1 Å². The lowest BCUT2D eigenvalue weighted by atomic mass is 10.2. The summed E-state index contributed by atoms with van der Waals surface area (Å²) >= 11 is 0. The minimum absolute atomic E-state index is 0.209. The fourth-order valence-corrected chi connectivity index (χ4v) is 2.37. The van der Waals surface area contributed by atoms with Gasteiger partial charge in [-0.2, -0.15) is 4.68 Å². The van der Waals surface area contributed by atoms with Gasteiger partial charge in [-0.15, -0.1) is 5.10 Å². The van der Waals surface area contributed by atoms with Gasteiger partial charge in [0.15, 0.2) is 5.82 Å². The Hall–Kier alpha value is -3.42. The van der Waals surface area contributed by atoms with Gasteiger partial charge in [-0.25, -0.2) is 4.79 Å². The van der Waals surface area contributed by atoms with Crippen molar-refractivity contribution in [2.75, 3.05) is 6.61 Å². The Balaban J connectivity index is 1.56. The summed E-state index contributed by atoms with van der Waals surface area (Å²) in [7, 11) is 0. The number of carbonyl (C=O) groups excluding carboxylic acids is 1. The molecule has 0 saturated heterocycles. The van der Waals surface area contributed by atoms with Crippen LogP contribution in [0.3, 0.4) is 0 Å². The summed E-state index contributed by atoms with van der Waals surface area (Å²) in [6, 6.07) is 16.8. The van der Waals surface area contributed by atoms with Gasteiger partial charge in [0.2, 0.25) is 0 Å². The summed E-state index contributed by atoms with van der Waals surface area (Å²) in [6.07, 6.45) is 0. The van der Waals surface area contributed by atoms with Crippen molar-refractivity contribution < 1.29 is 9.53 Å². The molecule has 0 fully saturated rings. The first kappa shape index (κ1) is 17.4. The summed E-state index contributed by atoms with van der Waals surface area (Å²) in [5.41, 5.74) is 1.82. The number of rotatable bonds is 7. The zero-order valence-electron chi connectivity index (χ0n) is 14.4. The van der Waals surface area contributed by atoms with Gasteiger partial charge in [-0.05, 0) is 47.2 Å². The van der Waals surface area contributed by atoms with Crippen LogP contribution in [0.15, 0.2) is 54.6 Å². The van der Waals surface area contributed by atoms with Crippen molar-refractivity contribution >= 4 is 6.03 Å². The van der Waals surface area contributed by atoms with E-state index in [0.29, 0.717) is 19.0 Å². The van der Waals surface area contributed by atoms with Gasteiger partial charge in [0.05, 0.1) is 18.8 Å². The standard InChI is InChI=1S/C18H20N6O2/c1-2-26-16-10-8-15(9-11-16)24-17(21-22-23-24)13-20-18(25)19-12-14-6-4-3-5-7-14/h3-11H,2,12-13H2,1H3,(H2,19,20,25). The van der Waals surface area contributed by atoms with Gasteiger partial charge in [-0.1, -0.05) is 30.3 Å². The predicted molar refractivity (Wildman–Crippen MR) is 95.8 cm³/mol. The summed E-state index contributed by atoms with van der Waals surface area (Å²) in [6.45, 7) is 3.21. The molecule has 3 aromatic rings. The van der Waals surface area contributed by atoms with E-state index in [2.05, 4.69) is 26.2 Å². The first-order chi connectivity index (χ1) is 12.8. The number of urea groups is 1. The number of ether oxygens (including phenoxy) is 1. The van der Waals surface area contributed by atoms with E-state index in [1.165, 1.54) is 0 Å². The number of hydrogen-bond acceptors (Lipinski definition) is 5. The van der Waals surface area contributed by atoms with Crippen molar-refractivity contribution in [3.05, 3.63) is 66.0 Å². The number of amides is 2. The van der Waals surface area contributed by atoms with Gasteiger partial charge in [0, 0.05) is 6.54 Å². The van der Waals surface area contributed by atoms with E-state index >= 15 is 0 Å². The lowest BCUT2D eigenvalue weighted by molar-refractivity contribution is 0.240. The van der Waals surface area contributed by atoms with E-state index in [0.717, 1.165) is 17.0 Å². The molecule has 0 saturated carbocycles. The van der Waals surface area contributed by atoms with Crippen molar-refractivity contribution in [1.82, 2.24) is 30.8 Å². The Morgan fingerprint density at radius 2 is 1.77 bits per heavy atom. The van der Waals surface area contributed by atoms with Crippen molar-refractivity contribution in [3.8, 4) is 11.4 Å². The fraction of sp³-hybridized carbons (Fsp3) is 0.222. The molecule has 134 valence electrons. The molecular weight excluding hydrogens is 332 g/mol. The minimum Gasteiger partial charge on any atom is -0.494 e. The molecule has 1 aromatic heterocycles. The fourth-order valence-electron chi connectivity index (χ4n) is 2.37. The number of aromatic nitrogens is 4. The van der Waals surface area contributed by atoms with Gasteiger partial charge < -0.3 is 15.4 Å². The molecule has 0 aliphatic heterocycles. The summed E-state index contributed by atoms with van der Waals surface area (Å²) in [5, 5.41) is 17.2. The molecule has 0 aliphatic carbocycles. The van der Waals surface area contributed by atoms with E-state index in [9.17, 15) is 4.79 Å². The van der Waals surface area contributed by atoms with E-state index in [1.807, 2.05) is 61.5 Å². The van der Waals surface area contributed by atoms with E-state index in [1.54, 1.807) is 4.68 Å². The lowest BCUT2D eigenvalue weighted by Crippen LogP contribution is -2.35. The van der Waals surface area contributed by atoms with Crippen LogP contribution in [0, 0.1) is 0 Å². The maximum Gasteiger partial charge on any atom is 0.315 e. The molecule has 3 rings (SSSR count). The average molecular weight is 352 g/mol. The summed E-state index contributed by atoms with van der Waals surface area (Å²) in [5.74, 6) is 1.31. The van der Waals surface area contributed by atoms with Crippen molar-refractivity contribution in [2.24, 2.45) is 0 Å². The van der Waals surface area contributed by atoms with Crippen LogP contribution in [0.4, 0.5) is 4.79 Å². The van der Waals surface area contributed by atoms with Crippen LogP contribution >= 0.6 is 0 Å². The Labute approximate surface area is 151 Å². The van der Waals surface area contributed by atoms with Gasteiger partial charge in [-0.3, -0.25) is 0 Å². The number of tetrazole rings is 1. The number of hydrogen-bond donors (Lipinski definition) is 2. The number of carbonyl (C=O) groups is 1. The maximum absolute atomic E-state index is 12.0. The third kappa shape index (κ3) is 4.56. The zero-order valence-corrected chi connectivity index (χ0v) is 14.4. The minimum atomic E-state index is -0.282. The van der Waals surface area contributed by atoms with E-state index < -0.39 is 0 Å². The second-order valence-corrected chi connectivity index (χ2v) is 5.46. The first-order valence-electron chi connectivity index (χ1n) is 8.32. The lowest BCUT2D eigenvalue weighted by Gasteiger charge is -2.09. The maximum atomic E-state index is 12.0. The molecule has 0 spiro atoms. The molecule has 8 nitrogen and oxygen atoms in total. The Morgan fingerprint density at radius 1 is 1.04 bits per heavy atom. The molecule has 8 heteroatoms. The number of nitrogens with one attached hydrogen (secondary N) is 2. The van der Waals surface area contributed by atoms with Crippen LogP contribution in [-0.4, -0.2) is 32.8 Å². The largest absolute Gasteiger partial charge is 0.494 e. The predicted octanol–water partition coefficient (Wildman–Crippen LogP) is 2.06. The van der Waals surface area contributed by atoms with Crippen LogP contribution < -0.4 is 15.4 Å². The smallest absolute Gasteiger partial charge is 0.315 e. The highest BCUT2D eigenvalue weighted by Crippen LogP contribution is 2.15. The second-order valence-electron chi connectivity index (χ2n) is 5.46. The second kappa shape index (κ2) is 8.61. The Kier molecular flexibility index (Phi) is 5.76. The molecule has 2 amide bonds. The van der Waals surface area contributed by atoms with Gasteiger partial charge >= 0.3 is 6.03 Å². The van der Waals surface area contributed by atoms with Crippen LogP contribution in [0.25, 0.3) is 5.69 Å². The molecule has 2 N–H and O–H groups in total. The van der Waals surface area contributed by atoms with Crippen LogP contribution in [0.1, 0.15) is 18.3 Å². The molecule has 2 aromatic carbocycles. The first-order valence-corrected chi connectivity index (χ1v) is 8.32. The van der Waals surface area contributed by atoms with Crippen molar-refractivity contribution in [3.63, 3.8) is 0 Å². The molecule has 1 heterocycles. The van der Waals surface area contributed by atoms with Crippen LogP contribution in [0.2, 0.25) is 0 Å². The molecule has 0 atom stereocenters. The highest BCUT2D eigenvalue weighted by molar-refractivity contribution is 5.73. The highest BCUT2D eigenvalue weighted by atomic mass is 16.5. The zero-order chi connectivity index (χ0) is 18.2. The van der Waals surface area contributed by atoms with Crippen molar-refractivity contribution in [2.45, 2.75) is 20.0 Å². The van der Waals surface area contributed by atoms with Crippen LogP contribution in [0.5, 0.6) is 5.75 Å². The van der Waals surface area contributed by atoms with E-state index in [4.69, 9.17) is 4.74 Å². The molecule has 0 radical (unpaired) electrons. The summed E-state index contributed by atoms with van der Waals surface area (Å²) < 4.78 is 7.00. The Bertz CT molecular complexity index is 832. The number of nitrogens with zero attached hydrogens (tertiary/aromatic N) is 4. The highest BCUT2D eigenvalue weighted by Gasteiger charge is 2.10. The third-order valence-electron chi connectivity index (χ3n) is 3.63. The molecule has 0 aliphatic rings. The monoisotopic (exact) mass is 352 g/mol. The normalized spacial score (nSPS) is 10.3. The number of benzene rings is 2. The SMILES string of the molecule is CCOc1ccc(-n2nnnc2CNC(=O)NCc2ccccc2)cc1. The molecule has 26 heavy (non-hydrogen) atoms. The van der Waals surface area contributed by atoms with Crippen molar-refractivity contribution in [1.29, 1.82) is 0 Å². The third-order valence-corrected chi connectivity index (χ3v) is 3.63. The Morgan fingerprint density at radius 3 is 2.50 bits per heavy atom. The molecule has 0 unspecified atom stereocenters. The molecule has 0 bridgehead atoms. The average Bonchev–Trinajstić information content (AvgIpc) is 3.15. The quantitative estimate of drug-likeness (QED) is 0.679. The summed E-state index contributed by atoms with van der Waals surface area (Å²) in [4.78, 5) is 12.0.